The molecule has 1 aliphatic carbocycles. The number of para-hydroxylation sites is 1. The Morgan fingerprint density at radius 3 is 2.52 bits per heavy atom. The number of amides is 2. The van der Waals surface area contributed by atoms with Crippen LogP contribution in [0.2, 0.25) is 0 Å². The SMILES string of the molecule is Cc1cccc2c(=O)n(CCC(=O)NCC3(NC(=O)OC(C)(C)C)CCCCCC3)cnc12. The summed E-state index contributed by atoms with van der Waals surface area (Å²) in [6.45, 7) is 8.00. The summed E-state index contributed by atoms with van der Waals surface area (Å²) in [6.07, 6.45) is 6.99. The second-order valence-corrected chi connectivity index (χ2v) is 10.1. The molecule has 2 amide bonds. The molecule has 8 nitrogen and oxygen atoms in total. The minimum Gasteiger partial charge on any atom is -0.444 e. The first-order chi connectivity index (χ1) is 15.6. The summed E-state index contributed by atoms with van der Waals surface area (Å²) in [4.78, 5) is 42.3. The summed E-state index contributed by atoms with van der Waals surface area (Å²) in [7, 11) is 0. The number of fused-ring (bicyclic) bond motifs is 1. The van der Waals surface area contributed by atoms with Crippen LogP contribution < -0.4 is 16.2 Å². The Morgan fingerprint density at radius 2 is 1.85 bits per heavy atom. The van der Waals surface area contributed by atoms with Crippen LogP contribution in [0.1, 0.15) is 71.3 Å². The number of ether oxygens (including phenoxy) is 1. The molecule has 1 aromatic heterocycles. The molecule has 0 bridgehead atoms. The molecule has 0 spiro atoms. The number of aromatic nitrogens is 2. The summed E-state index contributed by atoms with van der Waals surface area (Å²) >= 11 is 0. The van der Waals surface area contributed by atoms with E-state index >= 15 is 0 Å². The maximum Gasteiger partial charge on any atom is 0.408 e. The van der Waals surface area contributed by atoms with Gasteiger partial charge >= 0.3 is 6.09 Å². The largest absolute Gasteiger partial charge is 0.444 e. The molecule has 1 aliphatic rings. The molecule has 2 N–H and O–H groups in total. The van der Waals surface area contributed by atoms with Crippen molar-refractivity contribution in [1.82, 2.24) is 20.2 Å². The molecule has 2 aromatic rings. The molecule has 1 heterocycles. The maximum atomic E-state index is 12.8. The van der Waals surface area contributed by atoms with Crippen molar-refractivity contribution >= 4 is 22.9 Å². The van der Waals surface area contributed by atoms with Gasteiger partial charge < -0.3 is 15.4 Å². The number of aryl methyl sites for hydroxylation is 2. The summed E-state index contributed by atoms with van der Waals surface area (Å²) in [5, 5.41) is 6.58. The number of benzene rings is 1. The van der Waals surface area contributed by atoms with Crippen LogP contribution in [-0.4, -0.2) is 39.2 Å². The molecular formula is C25H36N4O4. The molecule has 180 valence electrons. The van der Waals surface area contributed by atoms with Crippen LogP contribution in [0.5, 0.6) is 0 Å². The van der Waals surface area contributed by atoms with Gasteiger partial charge in [0.1, 0.15) is 5.60 Å². The third kappa shape index (κ3) is 6.79. The normalized spacial score (nSPS) is 16.1. The molecule has 0 aliphatic heterocycles. The lowest BCUT2D eigenvalue weighted by Gasteiger charge is -2.35. The summed E-state index contributed by atoms with van der Waals surface area (Å²) in [5.74, 6) is -0.166. The number of nitrogens with one attached hydrogen (secondary N) is 2. The molecular weight excluding hydrogens is 420 g/mol. The van der Waals surface area contributed by atoms with Crippen LogP contribution in [0.25, 0.3) is 10.9 Å². The predicted molar refractivity (Wildman–Crippen MR) is 128 cm³/mol. The Labute approximate surface area is 195 Å². The van der Waals surface area contributed by atoms with Gasteiger partial charge in [-0.2, -0.15) is 0 Å². The van der Waals surface area contributed by atoms with E-state index in [2.05, 4.69) is 15.6 Å². The molecule has 8 heteroatoms. The van der Waals surface area contributed by atoms with Gasteiger partial charge in [0.25, 0.3) is 5.56 Å². The van der Waals surface area contributed by atoms with Crippen molar-refractivity contribution in [2.75, 3.05) is 6.54 Å². The number of carbonyl (C=O) groups is 2. The monoisotopic (exact) mass is 456 g/mol. The van der Waals surface area contributed by atoms with Crippen LogP contribution in [0.4, 0.5) is 4.79 Å². The minimum absolute atomic E-state index is 0.150. The average molecular weight is 457 g/mol. The first-order valence-corrected chi connectivity index (χ1v) is 11.8. The highest BCUT2D eigenvalue weighted by molar-refractivity contribution is 5.80. The van der Waals surface area contributed by atoms with Crippen LogP contribution in [-0.2, 0) is 16.1 Å². The standard InChI is InChI=1S/C25H36N4O4/c1-18-10-9-11-19-21(18)27-17-29(22(19)31)15-12-20(30)26-16-25(13-7-5-6-8-14-25)28-23(32)33-24(2,3)4/h9-11,17H,5-8,12-16H2,1-4H3,(H,26,30)(H,28,32). The number of rotatable bonds is 6. The topological polar surface area (TPSA) is 102 Å². The third-order valence-corrected chi connectivity index (χ3v) is 6.09. The van der Waals surface area contributed by atoms with E-state index in [0.717, 1.165) is 44.1 Å². The van der Waals surface area contributed by atoms with E-state index < -0.39 is 17.2 Å². The zero-order valence-corrected chi connectivity index (χ0v) is 20.2. The van der Waals surface area contributed by atoms with Gasteiger partial charge in [0.05, 0.1) is 22.8 Å². The van der Waals surface area contributed by atoms with Crippen molar-refractivity contribution in [2.45, 2.75) is 90.3 Å². The fraction of sp³-hybridized carbons (Fsp3) is 0.600. The van der Waals surface area contributed by atoms with Crippen molar-refractivity contribution in [2.24, 2.45) is 0 Å². The summed E-state index contributed by atoms with van der Waals surface area (Å²) in [5.41, 5.74) is 0.377. The quantitative estimate of drug-likeness (QED) is 0.643. The lowest BCUT2D eigenvalue weighted by molar-refractivity contribution is -0.121. The lowest BCUT2D eigenvalue weighted by atomic mass is 9.90. The van der Waals surface area contributed by atoms with Crippen LogP contribution in [0, 0.1) is 6.92 Å². The van der Waals surface area contributed by atoms with Crippen molar-refractivity contribution in [3.8, 4) is 0 Å². The summed E-state index contributed by atoms with van der Waals surface area (Å²) in [6, 6.07) is 5.51. The van der Waals surface area contributed by atoms with E-state index in [9.17, 15) is 14.4 Å². The lowest BCUT2D eigenvalue weighted by Crippen LogP contribution is -2.56. The van der Waals surface area contributed by atoms with Crippen LogP contribution in [0.15, 0.2) is 29.3 Å². The highest BCUT2D eigenvalue weighted by Gasteiger charge is 2.34. The first-order valence-electron chi connectivity index (χ1n) is 11.8. The number of nitrogens with zero attached hydrogens (tertiary/aromatic N) is 2. The van der Waals surface area contributed by atoms with Crippen molar-refractivity contribution in [1.29, 1.82) is 0 Å². The Hall–Kier alpha value is -2.90. The van der Waals surface area contributed by atoms with Crippen molar-refractivity contribution in [3.05, 3.63) is 40.4 Å². The van der Waals surface area contributed by atoms with Gasteiger partial charge in [-0.25, -0.2) is 9.78 Å². The van der Waals surface area contributed by atoms with Gasteiger partial charge in [0.15, 0.2) is 0 Å². The van der Waals surface area contributed by atoms with E-state index in [0.29, 0.717) is 17.4 Å². The molecule has 0 atom stereocenters. The Kier molecular flexibility index (Phi) is 7.76. The zero-order chi connectivity index (χ0) is 24.1. The van der Waals surface area contributed by atoms with E-state index in [4.69, 9.17) is 4.74 Å². The van der Waals surface area contributed by atoms with Gasteiger partial charge in [-0.05, 0) is 52.2 Å². The number of carbonyl (C=O) groups excluding carboxylic acids is 2. The maximum absolute atomic E-state index is 12.8. The predicted octanol–water partition coefficient (Wildman–Crippen LogP) is 3.83. The Balaban J connectivity index is 1.62. The van der Waals surface area contributed by atoms with Gasteiger partial charge in [-0.15, -0.1) is 0 Å². The fourth-order valence-corrected chi connectivity index (χ4v) is 4.35. The number of hydrogen-bond acceptors (Lipinski definition) is 5. The summed E-state index contributed by atoms with van der Waals surface area (Å²) < 4.78 is 6.94. The van der Waals surface area contributed by atoms with Crippen molar-refractivity contribution in [3.63, 3.8) is 0 Å². The molecule has 33 heavy (non-hydrogen) atoms. The van der Waals surface area contributed by atoms with Crippen LogP contribution in [0.3, 0.4) is 0 Å². The molecule has 1 saturated carbocycles. The Morgan fingerprint density at radius 1 is 1.15 bits per heavy atom. The van der Waals surface area contributed by atoms with Gasteiger partial charge in [-0.1, -0.05) is 37.8 Å². The highest BCUT2D eigenvalue weighted by atomic mass is 16.6. The van der Waals surface area contributed by atoms with E-state index in [1.165, 1.54) is 10.9 Å². The van der Waals surface area contributed by atoms with E-state index in [1.807, 2.05) is 39.8 Å². The highest BCUT2D eigenvalue weighted by Crippen LogP contribution is 2.27. The number of hydrogen-bond donors (Lipinski definition) is 2. The number of alkyl carbamates (subject to hydrolysis) is 1. The van der Waals surface area contributed by atoms with Crippen molar-refractivity contribution < 1.29 is 14.3 Å². The molecule has 1 fully saturated rings. The second-order valence-electron chi connectivity index (χ2n) is 10.1. The van der Waals surface area contributed by atoms with Gasteiger partial charge in [-0.3, -0.25) is 14.2 Å². The molecule has 0 radical (unpaired) electrons. The third-order valence-electron chi connectivity index (χ3n) is 6.09. The van der Waals surface area contributed by atoms with E-state index in [-0.39, 0.29) is 24.4 Å². The first kappa shape index (κ1) is 24.7. The van der Waals surface area contributed by atoms with Gasteiger partial charge in [0, 0.05) is 19.5 Å². The average Bonchev–Trinajstić information content (AvgIpc) is 2.97. The fourth-order valence-electron chi connectivity index (χ4n) is 4.35. The van der Waals surface area contributed by atoms with Gasteiger partial charge in [0.2, 0.25) is 5.91 Å². The molecule has 0 saturated heterocycles. The zero-order valence-electron chi connectivity index (χ0n) is 20.2. The van der Waals surface area contributed by atoms with E-state index in [1.54, 1.807) is 6.07 Å². The van der Waals surface area contributed by atoms with Crippen LogP contribution >= 0.6 is 0 Å². The molecule has 3 rings (SSSR count). The smallest absolute Gasteiger partial charge is 0.408 e. The molecule has 0 unspecified atom stereocenters. The molecule has 1 aromatic carbocycles. The Bertz CT molecular complexity index is 1050. The minimum atomic E-state index is -0.584. The second kappa shape index (κ2) is 10.4.